The van der Waals surface area contributed by atoms with E-state index >= 15 is 0 Å². The molecule has 37 heavy (non-hydrogen) atoms. The van der Waals surface area contributed by atoms with Crippen molar-refractivity contribution in [2.24, 2.45) is 0 Å². The number of carbonyl (C=O) groups is 2. The third-order valence-corrected chi connectivity index (χ3v) is 6.74. The molecule has 1 N–H and O–H groups in total. The fourth-order valence-corrected chi connectivity index (χ4v) is 4.60. The molecular weight excluding hydrogens is 482 g/mol. The molecule has 1 amide bonds. The molecule has 0 aliphatic heterocycles. The highest BCUT2D eigenvalue weighted by Gasteiger charge is 2.21. The summed E-state index contributed by atoms with van der Waals surface area (Å²) in [5.41, 5.74) is 1.87. The van der Waals surface area contributed by atoms with Crippen LogP contribution in [-0.4, -0.2) is 24.3 Å². The molecule has 0 spiro atoms. The number of ketones is 1. The minimum Gasteiger partial charge on any atom is -0.457 e. The first kappa shape index (κ1) is 26.3. The van der Waals surface area contributed by atoms with Crippen LogP contribution in [0.5, 0.6) is 11.5 Å². The summed E-state index contributed by atoms with van der Waals surface area (Å²) in [6, 6.07) is 30.1. The van der Waals surface area contributed by atoms with Gasteiger partial charge in [-0.2, -0.15) is 0 Å². The van der Waals surface area contributed by atoms with Crippen LogP contribution in [-0.2, 0) is 33.8 Å². The highest BCUT2D eigenvalue weighted by Crippen LogP contribution is 2.21. The Labute approximate surface area is 222 Å². The first-order valence-electron chi connectivity index (χ1n) is 12.4. The maximum atomic E-state index is 13.2. The van der Waals surface area contributed by atoms with Crippen molar-refractivity contribution in [2.45, 2.75) is 38.3 Å². The van der Waals surface area contributed by atoms with Gasteiger partial charge in [0.1, 0.15) is 17.5 Å². The minimum atomic E-state index is -0.710. The van der Waals surface area contributed by atoms with Crippen molar-refractivity contribution in [3.63, 3.8) is 0 Å². The van der Waals surface area contributed by atoms with Gasteiger partial charge in [-0.15, -0.1) is 11.3 Å². The summed E-state index contributed by atoms with van der Waals surface area (Å²) >= 11 is 1.69. The molecule has 4 aromatic rings. The molecule has 0 aliphatic rings. The van der Waals surface area contributed by atoms with Gasteiger partial charge in [-0.3, -0.25) is 9.59 Å². The number of ether oxygens (including phenoxy) is 2. The van der Waals surface area contributed by atoms with Gasteiger partial charge in [0.25, 0.3) is 0 Å². The number of benzene rings is 3. The lowest BCUT2D eigenvalue weighted by Gasteiger charge is -2.18. The molecule has 3 aromatic carbocycles. The summed E-state index contributed by atoms with van der Waals surface area (Å²) in [4.78, 5) is 27.1. The summed E-state index contributed by atoms with van der Waals surface area (Å²) in [5.74, 6) is 1.23. The van der Waals surface area contributed by atoms with Crippen molar-refractivity contribution in [3.05, 3.63) is 118 Å². The smallest absolute Gasteiger partial charge is 0.220 e. The number of Topliss-reactive ketones (excluding diaryl/α,β-unsaturated/α-hetero) is 1. The lowest BCUT2D eigenvalue weighted by Crippen LogP contribution is -2.44. The molecule has 1 unspecified atom stereocenters. The predicted octanol–water partition coefficient (Wildman–Crippen LogP) is 6.38. The summed E-state index contributed by atoms with van der Waals surface area (Å²) in [5, 5.41) is 4.95. The average molecular weight is 514 g/mol. The number of thiophene rings is 1. The molecule has 0 fully saturated rings. The lowest BCUT2D eigenvalue weighted by atomic mass is 10.0. The predicted molar refractivity (Wildman–Crippen MR) is 147 cm³/mol. The van der Waals surface area contributed by atoms with Crippen molar-refractivity contribution in [2.75, 3.05) is 6.61 Å². The van der Waals surface area contributed by atoms with Gasteiger partial charge in [0.05, 0.1) is 13.2 Å². The van der Waals surface area contributed by atoms with Gasteiger partial charge in [0.15, 0.2) is 5.78 Å². The molecule has 0 aliphatic carbocycles. The molecule has 6 heteroatoms. The lowest BCUT2D eigenvalue weighted by molar-refractivity contribution is -0.129. The van der Waals surface area contributed by atoms with Crippen molar-refractivity contribution in [1.29, 1.82) is 0 Å². The number of carbonyl (C=O) groups excluding carboxylic acids is 2. The Balaban J connectivity index is 1.32. The van der Waals surface area contributed by atoms with Gasteiger partial charge in [-0.1, -0.05) is 66.7 Å². The molecule has 0 radical (unpaired) electrons. The number of hydrogen-bond acceptors (Lipinski definition) is 5. The van der Waals surface area contributed by atoms with Gasteiger partial charge in [0.2, 0.25) is 5.91 Å². The van der Waals surface area contributed by atoms with Crippen LogP contribution < -0.4 is 10.1 Å². The molecule has 1 aromatic heterocycles. The van der Waals surface area contributed by atoms with E-state index in [-0.39, 0.29) is 24.7 Å². The third-order valence-electron chi connectivity index (χ3n) is 5.81. The minimum absolute atomic E-state index is 0.0867. The zero-order valence-corrected chi connectivity index (χ0v) is 21.5. The second-order valence-electron chi connectivity index (χ2n) is 8.76. The molecule has 0 bridgehead atoms. The van der Waals surface area contributed by atoms with E-state index in [9.17, 15) is 9.59 Å². The van der Waals surface area contributed by atoms with E-state index in [2.05, 4.69) is 11.4 Å². The Morgan fingerprint density at radius 2 is 1.49 bits per heavy atom. The van der Waals surface area contributed by atoms with E-state index in [1.54, 1.807) is 11.3 Å². The van der Waals surface area contributed by atoms with E-state index in [0.717, 1.165) is 29.7 Å². The number of hydrogen-bond donors (Lipinski definition) is 1. The van der Waals surface area contributed by atoms with Crippen molar-refractivity contribution in [3.8, 4) is 11.5 Å². The van der Waals surface area contributed by atoms with Crippen LogP contribution in [0.3, 0.4) is 0 Å². The molecule has 1 heterocycles. The first-order chi connectivity index (χ1) is 18.2. The molecule has 0 saturated carbocycles. The quantitative estimate of drug-likeness (QED) is 0.213. The molecule has 0 saturated heterocycles. The van der Waals surface area contributed by atoms with Gasteiger partial charge in [0, 0.05) is 17.7 Å². The normalized spacial score (nSPS) is 11.6. The van der Waals surface area contributed by atoms with Gasteiger partial charge in [-0.05, 0) is 59.7 Å². The maximum Gasteiger partial charge on any atom is 0.220 e. The van der Waals surface area contributed by atoms with Crippen molar-refractivity contribution in [1.82, 2.24) is 5.32 Å². The standard InChI is InChI=1S/C31H31NO4S/c33-30(21-24-16-18-27(19-17-24)36-26-11-5-2-6-12-26)29(23-35-22-25-9-3-1-4-10-25)32-31(34)15-7-13-28-14-8-20-37-28/h1-6,8-12,14,16-20,29H,7,13,15,21-23H2,(H,32,34). The van der Waals surface area contributed by atoms with E-state index in [1.807, 2.05) is 96.4 Å². The summed E-state index contributed by atoms with van der Waals surface area (Å²) in [7, 11) is 0. The Morgan fingerprint density at radius 3 is 2.19 bits per heavy atom. The molecule has 5 nitrogen and oxygen atoms in total. The van der Waals surface area contributed by atoms with Crippen molar-refractivity contribution < 1.29 is 19.1 Å². The average Bonchev–Trinajstić information content (AvgIpc) is 3.44. The van der Waals surface area contributed by atoms with E-state index in [0.29, 0.717) is 18.8 Å². The number of aryl methyl sites for hydroxylation is 1. The van der Waals surface area contributed by atoms with Gasteiger partial charge < -0.3 is 14.8 Å². The van der Waals surface area contributed by atoms with E-state index in [4.69, 9.17) is 9.47 Å². The highest BCUT2D eigenvalue weighted by atomic mass is 32.1. The van der Waals surface area contributed by atoms with Crippen molar-refractivity contribution >= 4 is 23.0 Å². The van der Waals surface area contributed by atoms with Gasteiger partial charge >= 0.3 is 0 Å². The third kappa shape index (κ3) is 9.01. The summed E-state index contributed by atoms with van der Waals surface area (Å²) in [6.45, 7) is 0.504. The first-order valence-corrected chi connectivity index (χ1v) is 13.3. The maximum absolute atomic E-state index is 13.2. The molecule has 1 atom stereocenters. The Kier molecular flexibility index (Phi) is 10.0. The largest absolute Gasteiger partial charge is 0.457 e. The number of para-hydroxylation sites is 1. The van der Waals surface area contributed by atoms with Crippen LogP contribution in [0.2, 0.25) is 0 Å². The molecule has 190 valence electrons. The number of nitrogens with one attached hydrogen (secondary N) is 1. The fourth-order valence-electron chi connectivity index (χ4n) is 3.85. The number of amides is 1. The molecular formula is C31H31NO4S. The van der Waals surface area contributed by atoms with Crippen LogP contribution in [0, 0.1) is 0 Å². The highest BCUT2D eigenvalue weighted by molar-refractivity contribution is 7.09. The Morgan fingerprint density at radius 1 is 0.784 bits per heavy atom. The summed E-state index contributed by atoms with van der Waals surface area (Å²) in [6.07, 6.45) is 2.15. The zero-order chi connectivity index (χ0) is 25.7. The van der Waals surface area contributed by atoms with Crippen LogP contribution >= 0.6 is 11.3 Å². The second-order valence-corrected chi connectivity index (χ2v) is 9.79. The topological polar surface area (TPSA) is 64.6 Å². The van der Waals surface area contributed by atoms with Gasteiger partial charge in [-0.25, -0.2) is 0 Å². The molecule has 4 rings (SSSR count). The van der Waals surface area contributed by atoms with Crippen LogP contribution in [0.1, 0.15) is 28.8 Å². The second kappa shape index (κ2) is 14.1. The Hall–Kier alpha value is -3.74. The summed E-state index contributed by atoms with van der Waals surface area (Å²) < 4.78 is 11.7. The van der Waals surface area contributed by atoms with Crippen LogP contribution in [0.15, 0.2) is 102 Å². The van der Waals surface area contributed by atoms with Crippen LogP contribution in [0.4, 0.5) is 0 Å². The van der Waals surface area contributed by atoms with E-state index < -0.39 is 6.04 Å². The number of rotatable bonds is 14. The van der Waals surface area contributed by atoms with E-state index in [1.165, 1.54) is 4.88 Å². The Bertz CT molecular complexity index is 1230. The monoisotopic (exact) mass is 513 g/mol. The SMILES string of the molecule is O=C(CCCc1cccs1)NC(COCc1ccccc1)C(=O)Cc1ccc(Oc2ccccc2)cc1. The fraction of sp³-hybridized carbons (Fsp3) is 0.226. The van der Waals surface area contributed by atoms with Crippen LogP contribution in [0.25, 0.3) is 0 Å². The zero-order valence-electron chi connectivity index (χ0n) is 20.7.